The van der Waals surface area contributed by atoms with Gasteiger partial charge in [-0.3, -0.25) is 14.4 Å². The van der Waals surface area contributed by atoms with Gasteiger partial charge >= 0.3 is 5.97 Å². The van der Waals surface area contributed by atoms with Crippen molar-refractivity contribution in [2.75, 3.05) is 18.1 Å². The fraction of sp³-hybridized carbons (Fsp3) is 0.286. The molecular formula is C21H22N2O4. The second-order valence-electron chi connectivity index (χ2n) is 6.61. The van der Waals surface area contributed by atoms with Crippen LogP contribution in [0.3, 0.4) is 0 Å². The Morgan fingerprint density at radius 1 is 1.11 bits per heavy atom. The molecule has 1 aliphatic heterocycles. The highest BCUT2D eigenvalue weighted by molar-refractivity contribution is 5.99. The van der Waals surface area contributed by atoms with Crippen LogP contribution in [0.4, 0.5) is 5.69 Å². The summed E-state index contributed by atoms with van der Waals surface area (Å²) in [4.78, 5) is 37.9. The minimum atomic E-state index is -0.555. The molecule has 1 saturated heterocycles. The number of carbonyl (C=O) groups excluding carboxylic acids is 3. The first-order chi connectivity index (χ1) is 13.0. The Kier molecular flexibility index (Phi) is 5.86. The van der Waals surface area contributed by atoms with Crippen molar-refractivity contribution in [2.45, 2.75) is 19.9 Å². The zero-order valence-corrected chi connectivity index (χ0v) is 15.2. The van der Waals surface area contributed by atoms with Crippen molar-refractivity contribution in [1.29, 1.82) is 0 Å². The SMILES string of the molecule is Cc1ccc(N2C[C@@H](C(=O)OCC(=O)NCc3ccccc3)CC2=O)cc1. The molecule has 1 heterocycles. The number of ether oxygens (including phenoxy) is 1. The number of anilines is 1. The number of aryl methyl sites for hydroxylation is 1. The molecule has 0 aromatic heterocycles. The lowest BCUT2D eigenvalue weighted by Crippen LogP contribution is -2.31. The van der Waals surface area contributed by atoms with E-state index < -0.39 is 11.9 Å². The maximum absolute atomic E-state index is 12.2. The largest absolute Gasteiger partial charge is 0.455 e. The summed E-state index contributed by atoms with van der Waals surface area (Å²) in [5.41, 5.74) is 2.83. The number of nitrogens with one attached hydrogen (secondary N) is 1. The van der Waals surface area contributed by atoms with Crippen LogP contribution in [0.5, 0.6) is 0 Å². The van der Waals surface area contributed by atoms with Gasteiger partial charge < -0.3 is 15.0 Å². The van der Waals surface area contributed by atoms with Crippen LogP contribution in [0.2, 0.25) is 0 Å². The highest BCUT2D eigenvalue weighted by Crippen LogP contribution is 2.26. The van der Waals surface area contributed by atoms with Gasteiger partial charge in [0.05, 0.1) is 5.92 Å². The Hall–Kier alpha value is -3.15. The molecule has 2 aromatic carbocycles. The fourth-order valence-corrected chi connectivity index (χ4v) is 2.94. The Morgan fingerprint density at radius 2 is 1.81 bits per heavy atom. The van der Waals surface area contributed by atoms with Gasteiger partial charge in [0.1, 0.15) is 0 Å². The summed E-state index contributed by atoms with van der Waals surface area (Å²) in [5.74, 6) is -1.56. The summed E-state index contributed by atoms with van der Waals surface area (Å²) in [6, 6.07) is 17.0. The lowest BCUT2D eigenvalue weighted by molar-refractivity contribution is -0.152. The summed E-state index contributed by atoms with van der Waals surface area (Å²) in [6.07, 6.45) is 0.0956. The number of amides is 2. The Balaban J connectivity index is 1.46. The van der Waals surface area contributed by atoms with E-state index in [-0.39, 0.29) is 31.4 Å². The number of hydrogen-bond donors (Lipinski definition) is 1. The molecule has 0 aliphatic carbocycles. The summed E-state index contributed by atoms with van der Waals surface area (Å²) in [5, 5.41) is 2.70. The first kappa shape index (κ1) is 18.6. The van der Waals surface area contributed by atoms with Crippen LogP contribution in [-0.2, 0) is 25.7 Å². The van der Waals surface area contributed by atoms with E-state index in [9.17, 15) is 14.4 Å². The van der Waals surface area contributed by atoms with Gasteiger partial charge in [-0.05, 0) is 24.6 Å². The maximum Gasteiger partial charge on any atom is 0.311 e. The number of rotatable bonds is 6. The van der Waals surface area contributed by atoms with Gasteiger partial charge in [0.2, 0.25) is 5.91 Å². The van der Waals surface area contributed by atoms with Crippen molar-refractivity contribution in [3.8, 4) is 0 Å². The molecule has 6 heteroatoms. The Labute approximate surface area is 158 Å². The Bertz CT molecular complexity index is 818. The molecule has 1 atom stereocenters. The predicted molar refractivity (Wildman–Crippen MR) is 101 cm³/mol. The van der Waals surface area contributed by atoms with Crippen molar-refractivity contribution in [2.24, 2.45) is 5.92 Å². The lowest BCUT2D eigenvalue weighted by Gasteiger charge is -2.16. The van der Waals surface area contributed by atoms with Crippen molar-refractivity contribution in [3.05, 3.63) is 65.7 Å². The van der Waals surface area contributed by atoms with Crippen molar-refractivity contribution in [3.63, 3.8) is 0 Å². The second-order valence-corrected chi connectivity index (χ2v) is 6.61. The van der Waals surface area contributed by atoms with Crippen LogP contribution in [0.25, 0.3) is 0 Å². The molecule has 1 aliphatic rings. The fourth-order valence-electron chi connectivity index (χ4n) is 2.94. The molecule has 1 N–H and O–H groups in total. The molecule has 0 radical (unpaired) electrons. The average Bonchev–Trinajstić information content (AvgIpc) is 3.07. The van der Waals surface area contributed by atoms with E-state index in [0.717, 1.165) is 16.8 Å². The standard InChI is InChI=1S/C21H22N2O4/c1-15-7-9-18(10-8-15)23-13-17(11-20(23)25)21(26)27-14-19(24)22-12-16-5-3-2-4-6-16/h2-10,17H,11-14H2,1H3,(H,22,24)/t17-/m0/s1. The molecule has 6 nitrogen and oxygen atoms in total. The number of esters is 1. The van der Waals surface area contributed by atoms with E-state index >= 15 is 0 Å². The zero-order chi connectivity index (χ0) is 19.2. The predicted octanol–water partition coefficient (Wildman–Crippen LogP) is 2.21. The van der Waals surface area contributed by atoms with E-state index in [1.165, 1.54) is 0 Å². The summed E-state index contributed by atoms with van der Waals surface area (Å²) in [6.45, 7) is 2.27. The van der Waals surface area contributed by atoms with Gasteiger partial charge in [0, 0.05) is 25.2 Å². The van der Waals surface area contributed by atoms with Crippen molar-refractivity contribution in [1.82, 2.24) is 5.32 Å². The monoisotopic (exact) mass is 366 g/mol. The van der Waals surface area contributed by atoms with Gasteiger partial charge in [-0.15, -0.1) is 0 Å². The summed E-state index contributed by atoms with van der Waals surface area (Å²) >= 11 is 0. The average molecular weight is 366 g/mol. The van der Waals surface area contributed by atoms with Crippen LogP contribution >= 0.6 is 0 Å². The first-order valence-corrected chi connectivity index (χ1v) is 8.87. The Morgan fingerprint density at radius 3 is 2.52 bits per heavy atom. The molecule has 0 bridgehead atoms. The van der Waals surface area contributed by atoms with Gasteiger partial charge in [-0.25, -0.2) is 0 Å². The van der Waals surface area contributed by atoms with Gasteiger partial charge in [-0.1, -0.05) is 48.0 Å². The van der Waals surface area contributed by atoms with E-state index in [4.69, 9.17) is 4.74 Å². The molecule has 0 saturated carbocycles. The topological polar surface area (TPSA) is 75.7 Å². The number of nitrogens with zero attached hydrogens (tertiary/aromatic N) is 1. The van der Waals surface area contributed by atoms with Crippen LogP contribution in [0.15, 0.2) is 54.6 Å². The van der Waals surface area contributed by atoms with Crippen LogP contribution < -0.4 is 10.2 Å². The minimum Gasteiger partial charge on any atom is -0.455 e. The van der Waals surface area contributed by atoms with Crippen molar-refractivity contribution < 1.29 is 19.1 Å². The van der Waals surface area contributed by atoms with Gasteiger partial charge in [0.15, 0.2) is 6.61 Å². The highest BCUT2D eigenvalue weighted by atomic mass is 16.5. The molecule has 1 fully saturated rings. The van der Waals surface area contributed by atoms with Gasteiger partial charge in [-0.2, -0.15) is 0 Å². The van der Waals surface area contributed by atoms with Crippen LogP contribution in [0, 0.1) is 12.8 Å². The number of hydrogen-bond acceptors (Lipinski definition) is 4. The van der Waals surface area contributed by atoms with Gasteiger partial charge in [0.25, 0.3) is 5.91 Å². The third-order valence-corrected chi connectivity index (χ3v) is 4.48. The quantitative estimate of drug-likeness (QED) is 0.796. The summed E-state index contributed by atoms with van der Waals surface area (Å²) in [7, 11) is 0. The number of benzene rings is 2. The maximum atomic E-state index is 12.2. The van der Waals surface area contributed by atoms with Crippen molar-refractivity contribution >= 4 is 23.5 Å². The molecule has 2 amide bonds. The second kappa shape index (κ2) is 8.49. The highest BCUT2D eigenvalue weighted by Gasteiger charge is 2.36. The third-order valence-electron chi connectivity index (χ3n) is 4.48. The molecule has 0 unspecified atom stereocenters. The zero-order valence-electron chi connectivity index (χ0n) is 15.2. The molecule has 3 rings (SSSR count). The first-order valence-electron chi connectivity index (χ1n) is 8.87. The van der Waals surface area contributed by atoms with E-state index in [1.807, 2.05) is 61.5 Å². The van der Waals surface area contributed by atoms with E-state index in [1.54, 1.807) is 4.90 Å². The lowest BCUT2D eigenvalue weighted by atomic mass is 10.1. The summed E-state index contributed by atoms with van der Waals surface area (Å²) < 4.78 is 5.10. The van der Waals surface area contributed by atoms with Crippen LogP contribution in [-0.4, -0.2) is 30.9 Å². The molecule has 2 aromatic rings. The molecular weight excluding hydrogens is 344 g/mol. The molecule has 140 valence electrons. The minimum absolute atomic E-state index is 0.0956. The van der Waals surface area contributed by atoms with Crippen LogP contribution in [0.1, 0.15) is 17.5 Å². The number of carbonyl (C=O) groups is 3. The van der Waals surface area contributed by atoms with E-state index in [0.29, 0.717) is 6.54 Å². The third kappa shape index (κ3) is 4.94. The van der Waals surface area contributed by atoms with E-state index in [2.05, 4.69) is 5.32 Å². The molecule has 0 spiro atoms. The normalized spacial score (nSPS) is 16.3. The molecule has 27 heavy (non-hydrogen) atoms. The smallest absolute Gasteiger partial charge is 0.311 e.